The summed E-state index contributed by atoms with van der Waals surface area (Å²) in [4.78, 5) is 23.4. The fourth-order valence-corrected chi connectivity index (χ4v) is 1.59. The second-order valence-electron chi connectivity index (χ2n) is 3.80. The predicted octanol–water partition coefficient (Wildman–Crippen LogP) is -0.851. The first-order valence-corrected chi connectivity index (χ1v) is 7.09. The van der Waals surface area contributed by atoms with Crippen LogP contribution < -0.4 is 5.32 Å². The van der Waals surface area contributed by atoms with Crippen LogP contribution >= 0.6 is 0 Å². The lowest BCUT2D eigenvalue weighted by Crippen LogP contribution is -2.47. The summed E-state index contributed by atoms with van der Waals surface area (Å²) in [5.74, 6) is 0.711. The molecule has 1 atom stereocenters. The summed E-state index contributed by atoms with van der Waals surface area (Å²) in [7, 11) is -1.81. The number of hydrogen-bond acceptors (Lipinski definition) is 4. The number of sulfone groups is 1. The van der Waals surface area contributed by atoms with Crippen molar-refractivity contribution >= 4 is 21.8 Å². The van der Waals surface area contributed by atoms with Crippen LogP contribution in [0.2, 0.25) is 0 Å². The van der Waals surface area contributed by atoms with Crippen molar-refractivity contribution in [2.24, 2.45) is 0 Å². The van der Waals surface area contributed by atoms with Gasteiger partial charge in [0.05, 0.1) is 5.75 Å². The van der Waals surface area contributed by atoms with E-state index in [0.29, 0.717) is 0 Å². The molecule has 0 aliphatic heterocycles. The Hall–Kier alpha value is -1.75. The van der Waals surface area contributed by atoms with Gasteiger partial charge in [0.15, 0.2) is 0 Å². The van der Waals surface area contributed by atoms with Gasteiger partial charge in [-0.15, -0.1) is 12.3 Å². The number of terminal acetylenes is 1. The van der Waals surface area contributed by atoms with E-state index in [1.54, 1.807) is 0 Å². The Kier molecular flexibility index (Phi) is 6.19. The minimum absolute atomic E-state index is 0.0208. The maximum atomic E-state index is 11.5. The lowest BCUT2D eigenvalue weighted by atomic mass is 10.2. The number of hydrogen-bond donors (Lipinski definition) is 2. The SMILES string of the molecule is C#CCC(NC(=O)N(C)CCS(C)(=O)=O)C(=O)O. The van der Waals surface area contributed by atoms with Crippen LogP contribution in [0.4, 0.5) is 4.79 Å². The highest BCUT2D eigenvalue weighted by Crippen LogP contribution is 1.95. The number of carbonyl (C=O) groups is 2. The van der Waals surface area contributed by atoms with Crippen LogP contribution in [0.15, 0.2) is 0 Å². The predicted molar refractivity (Wildman–Crippen MR) is 65.7 cm³/mol. The average molecular weight is 276 g/mol. The Morgan fingerprint density at radius 1 is 1.50 bits per heavy atom. The molecule has 0 aromatic rings. The molecule has 0 aliphatic carbocycles. The molecule has 0 rings (SSSR count). The third kappa shape index (κ3) is 6.75. The van der Waals surface area contributed by atoms with Gasteiger partial charge in [-0.05, 0) is 0 Å². The molecule has 0 spiro atoms. The molecule has 0 saturated heterocycles. The van der Waals surface area contributed by atoms with Crippen molar-refractivity contribution in [1.29, 1.82) is 0 Å². The number of nitrogens with one attached hydrogen (secondary N) is 1. The molecule has 7 nitrogen and oxygen atoms in total. The summed E-state index contributed by atoms with van der Waals surface area (Å²) in [6, 6.07) is -1.86. The van der Waals surface area contributed by atoms with Gasteiger partial charge in [-0.25, -0.2) is 18.0 Å². The zero-order valence-corrected chi connectivity index (χ0v) is 11.0. The number of urea groups is 1. The minimum Gasteiger partial charge on any atom is -0.480 e. The Bertz CT molecular complexity index is 451. The lowest BCUT2D eigenvalue weighted by Gasteiger charge is -2.20. The van der Waals surface area contributed by atoms with Crippen molar-refractivity contribution < 1.29 is 23.1 Å². The molecule has 2 amide bonds. The molecule has 8 heteroatoms. The van der Waals surface area contributed by atoms with Gasteiger partial charge in [0.1, 0.15) is 15.9 Å². The van der Waals surface area contributed by atoms with E-state index in [9.17, 15) is 18.0 Å². The fourth-order valence-electron chi connectivity index (χ4n) is 0.981. The molecule has 102 valence electrons. The Balaban J connectivity index is 4.38. The second kappa shape index (κ2) is 6.86. The van der Waals surface area contributed by atoms with Crippen LogP contribution in [0.25, 0.3) is 0 Å². The third-order valence-corrected chi connectivity index (χ3v) is 2.99. The highest BCUT2D eigenvalue weighted by atomic mass is 32.2. The van der Waals surface area contributed by atoms with Crippen molar-refractivity contribution in [1.82, 2.24) is 10.2 Å². The van der Waals surface area contributed by atoms with Crippen molar-refractivity contribution in [3.63, 3.8) is 0 Å². The normalized spacial score (nSPS) is 12.3. The molecule has 18 heavy (non-hydrogen) atoms. The maximum Gasteiger partial charge on any atom is 0.327 e. The summed E-state index contributed by atoms with van der Waals surface area (Å²) in [5.41, 5.74) is 0. The standard InChI is InChI=1S/C10H16N2O5S/c1-4-5-8(9(13)14)11-10(15)12(2)6-7-18(3,16)17/h1,8H,5-7H2,2-3H3,(H,11,15)(H,13,14). The van der Waals surface area contributed by atoms with E-state index in [4.69, 9.17) is 11.5 Å². The van der Waals surface area contributed by atoms with E-state index >= 15 is 0 Å². The quantitative estimate of drug-likeness (QED) is 0.615. The van der Waals surface area contributed by atoms with E-state index in [1.165, 1.54) is 7.05 Å². The molecule has 0 heterocycles. The van der Waals surface area contributed by atoms with E-state index in [0.717, 1.165) is 11.2 Å². The highest BCUT2D eigenvalue weighted by Gasteiger charge is 2.21. The van der Waals surface area contributed by atoms with Gasteiger partial charge in [-0.2, -0.15) is 0 Å². The van der Waals surface area contributed by atoms with Crippen LogP contribution in [0.5, 0.6) is 0 Å². The van der Waals surface area contributed by atoms with Crippen LogP contribution in [-0.4, -0.2) is 62.1 Å². The average Bonchev–Trinajstić information content (AvgIpc) is 2.23. The molecular weight excluding hydrogens is 260 g/mol. The van der Waals surface area contributed by atoms with Gasteiger partial charge < -0.3 is 15.3 Å². The molecule has 0 fully saturated rings. The van der Waals surface area contributed by atoms with Crippen molar-refractivity contribution in [3.05, 3.63) is 0 Å². The number of carboxylic acid groups (broad SMARTS) is 1. The zero-order chi connectivity index (χ0) is 14.3. The Morgan fingerprint density at radius 3 is 2.44 bits per heavy atom. The second-order valence-corrected chi connectivity index (χ2v) is 6.06. The van der Waals surface area contributed by atoms with E-state index < -0.39 is 27.9 Å². The summed E-state index contributed by atoms with van der Waals surface area (Å²) in [6.45, 7) is -0.0208. The molecular formula is C10H16N2O5S. The van der Waals surface area contributed by atoms with Gasteiger partial charge in [-0.3, -0.25) is 0 Å². The Morgan fingerprint density at radius 2 is 2.06 bits per heavy atom. The number of rotatable bonds is 6. The van der Waals surface area contributed by atoms with Gasteiger partial charge >= 0.3 is 12.0 Å². The van der Waals surface area contributed by atoms with Crippen molar-refractivity contribution in [2.75, 3.05) is 25.6 Å². The topological polar surface area (TPSA) is 104 Å². The van der Waals surface area contributed by atoms with Crippen molar-refractivity contribution in [2.45, 2.75) is 12.5 Å². The molecule has 1 unspecified atom stereocenters. The van der Waals surface area contributed by atoms with Gasteiger partial charge in [0.2, 0.25) is 0 Å². The number of carboxylic acids is 1. The summed E-state index contributed by atoms with van der Waals surface area (Å²) in [6.07, 6.45) is 5.89. The van der Waals surface area contributed by atoms with Gasteiger partial charge in [-0.1, -0.05) is 0 Å². The monoisotopic (exact) mass is 276 g/mol. The summed E-state index contributed by atoms with van der Waals surface area (Å²) in [5, 5.41) is 11.0. The van der Waals surface area contributed by atoms with E-state index in [2.05, 4.69) is 11.2 Å². The lowest BCUT2D eigenvalue weighted by molar-refractivity contribution is -0.139. The van der Waals surface area contributed by atoms with Crippen molar-refractivity contribution in [3.8, 4) is 12.3 Å². The number of carbonyl (C=O) groups excluding carboxylic acids is 1. The zero-order valence-electron chi connectivity index (χ0n) is 10.2. The first kappa shape index (κ1) is 16.2. The molecule has 0 bridgehead atoms. The van der Waals surface area contributed by atoms with Gasteiger partial charge in [0.25, 0.3) is 0 Å². The van der Waals surface area contributed by atoms with Gasteiger partial charge in [0, 0.05) is 26.3 Å². The highest BCUT2D eigenvalue weighted by molar-refractivity contribution is 7.90. The van der Waals surface area contributed by atoms with Crippen LogP contribution in [0, 0.1) is 12.3 Å². The number of amides is 2. The maximum absolute atomic E-state index is 11.5. The molecule has 2 N–H and O–H groups in total. The molecule has 0 radical (unpaired) electrons. The van der Waals surface area contributed by atoms with Crippen LogP contribution in [0.3, 0.4) is 0 Å². The molecule has 0 aromatic carbocycles. The number of aliphatic carboxylic acids is 1. The smallest absolute Gasteiger partial charge is 0.327 e. The summed E-state index contributed by atoms with van der Waals surface area (Å²) < 4.78 is 21.8. The largest absolute Gasteiger partial charge is 0.480 e. The van der Waals surface area contributed by atoms with Crippen LogP contribution in [-0.2, 0) is 14.6 Å². The third-order valence-electron chi connectivity index (χ3n) is 2.06. The first-order valence-electron chi connectivity index (χ1n) is 5.03. The van der Waals surface area contributed by atoms with E-state index in [-0.39, 0.29) is 18.7 Å². The minimum atomic E-state index is -3.18. The molecule has 0 aliphatic rings. The van der Waals surface area contributed by atoms with Crippen LogP contribution in [0.1, 0.15) is 6.42 Å². The molecule has 0 saturated carbocycles. The van der Waals surface area contributed by atoms with E-state index in [1.807, 2.05) is 0 Å². The first-order chi connectivity index (χ1) is 8.17. The molecule has 0 aromatic heterocycles. The summed E-state index contributed by atoms with van der Waals surface area (Å²) >= 11 is 0. The fraction of sp³-hybridized carbons (Fsp3) is 0.600. The number of nitrogens with zero attached hydrogens (tertiary/aromatic N) is 1. The Labute approximate surface area is 106 Å².